The average molecular weight is 245 g/mol. The Morgan fingerprint density at radius 2 is 2.17 bits per heavy atom. The highest BCUT2D eigenvalue weighted by Crippen LogP contribution is 2.29. The van der Waals surface area contributed by atoms with E-state index in [4.69, 9.17) is 5.73 Å². The van der Waals surface area contributed by atoms with Crippen molar-refractivity contribution in [2.75, 3.05) is 24.1 Å². The van der Waals surface area contributed by atoms with Crippen LogP contribution in [0.3, 0.4) is 0 Å². The number of nitrogens with one attached hydrogen (secondary N) is 1. The zero-order valence-electron chi connectivity index (χ0n) is 11.2. The van der Waals surface area contributed by atoms with E-state index in [2.05, 4.69) is 23.2 Å². The molecule has 1 aromatic rings. The molecule has 3 heteroatoms. The number of nitrogens with zero attached hydrogens (tertiary/aromatic N) is 1. The Morgan fingerprint density at radius 3 is 3.00 bits per heavy atom. The number of aryl methyl sites for hydroxylation is 1. The normalized spacial score (nSPS) is 28.1. The van der Waals surface area contributed by atoms with Crippen LogP contribution < -0.4 is 11.1 Å². The van der Waals surface area contributed by atoms with Crippen molar-refractivity contribution in [3.63, 3.8) is 0 Å². The molecule has 18 heavy (non-hydrogen) atoms. The summed E-state index contributed by atoms with van der Waals surface area (Å²) in [5.41, 5.74) is 9.15. The van der Waals surface area contributed by atoms with Gasteiger partial charge in [0, 0.05) is 30.0 Å². The van der Waals surface area contributed by atoms with Gasteiger partial charge >= 0.3 is 0 Å². The predicted octanol–water partition coefficient (Wildman–Crippen LogP) is 2.62. The summed E-state index contributed by atoms with van der Waals surface area (Å²) in [6.45, 7) is 4.71. The number of benzene rings is 1. The van der Waals surface area contributed by atoms with Gasteiger partial charge in [0.25, 0.3) is 0 Å². The molecule has 3 nitrogen and oxygen atoms in total. The number of anilines is 2. The molecule has 0 amide bonds. The van der Waals surface area contributed by atoms with Crippen molar-refractivity contribution < 1.29 is 0 Å². The summed E-state index contributed by atoms with van der Waals surface area (Å²) < 4.78 is 0. The number of piperidine rings is 1. The molecule has 0 bridgehead atoms. The molecule has 0 aliphatic carbocycles. The van der Waals surface area contributed by atoms with Crippen molar-refractivity contribution in [3.05, 3.63) is 23.8 Å². The van der Waals surface area contributed by atoms with E-state index in [9.17, 15) is 0 Å². The van der Waals surface area contributed by atoms with Gasteiger partial charge in [0.15, 0.2) is 0 Å². The van der Waals surface area contributed by atoms with E-state index in [0.717, 1.165) is 11.7 Å². The minimum absolute atomic E-state index is 0.631. The molecule has 0 spiro atoms. The first kappa shape index (κ1) is 11.8. The van der Waals surface area contributed by atoms with Crippen LogP contribution in [0, 0.1) is 6.92 Å². The number of rotatable bonds is 2. The fourth-order valence-corrected chi connectivity index (χ4v) is 3.42. The summed E-state index contributed by atoms with van der Waals surface area (Å²) in [4.78, 5) is 2.66. The van der Waals surface area contributed by atoms with E-state index < -0.39 is 0 Å². The van der Waals surface area contributed by atoms with Crippen molar-refractivity contribution in [1.82, 2.24) is 4.90 Å². The monoisotopic (exact) mass is 245 g/mol. The van der Waals surface area contributed by atoms with Crippen molar-refractivity contribution in [2.24, 2.45) is 0 Å². The van der Waals surface area contributed by atoms with Crippen molar-refractivity contribution >= 4 is 11.4 Å². The second-order valence-corrected chi connectivity index (χ2v) is 5.77. The first-order valence-corrected chi connectivity index (χ1v) is 7.09. The third-order valence-electron chi connectivity index (χ3n) is 4.43. The molecule has 2 saturated heterocycles. The van der Waals surface area contributed by atoms with Gasteiger partial charge < -0.3 is 16.0 Å². The lowest BCUT2D eigenvalue weighted by Crippen LogP contribution is -2.42. The zero-order valence-corrected chi connectivity index (χ0v) is 11.2. The molecule has 2 fully saturated rings. The Morgan fingerprint density at radius 1 is 1.28 bits per heavy atom. The summed E-state index contributed by atoms with van der Waals surface area (Å²) in [5.74, 6) is 0. The fraction of sp³-hybridized carbons (Fsp3) is 0.600. The SMILES string of the molecule is Cc1cc(N)ccc1NC1CCN2CCCC2C1. The van der Waals surface area contributed by atoms with Gasteiger partial charge in [-0.3, -0.25) is 0 Å². The summed E-state index contributed by atoms with van der Waals surface area (Å²) in [6.07, 6.45) is 5.33. The van der Waals surface area contributed by atoms with Crippen LogP contribution >= 0.6 is 0 Å². The van der Waals surface area contributed by atoms with Gasteiger partial charge in [-0.2, -0.15) is 0 Å². The number of nitrogens with two attached hydrogens (primary N) is 1. The summed E-state index contributed by atoms with van der Waals surface area (Å²) in [5, 5.41) is 3.71. The number of hydrogen-bond acceptors (Lipinski definition) is 3. The number of hydrogen-bond donors (Lipinski definition) is 2. The topological polar surface area (TPSA) is 41.3 Å². The fourth-order valence-electron chi connectivity index (χ4n) is 3.42. The Labute approximate surface area is 109 Å². The van der Waals surface area contributed by atoms with Crippen molar-refractivity contribution in [3.8, 4) is 0 Å². The minimum Gasteiger partial charge on any atom is -0.399 e. The van der Waals surface area contributed by atoms with E-state index in [0.29, 0.717) is 6.04 Å². The molecule has 2 heterocycles. The Balaban J connectivity index is 1.66. The maximum absolute atomic E-state index is 5.80. The lowest BCUT2D eigenvalue weighted by Gasteiger charge is -2.35. The molecule has 1 aromatic carbocycles. The second-order valence-electron chi connectivity index (χ2n) is 5.77. The van der Waals surface area contributed by atoms with E-state index in [1.807, 2.05) is 12.1 Å². The molecule has 3 N–H and O–H groups in total. The van der Waals surface area contributed by atoms with Gasteiger partial charge in [0.1, 0.15) is 0 Å². The van der Waals surface area contributed by atoms with Crippen molar-refractivity contribution in [2.45, 2.75) is 44.7 Å². The van der Waals surface area contributed by atoms with E-state index in [1.165, 1.54) is 50.0 Å². The van der Waals surface area contributed by atoms with Gasteiger partial charge in [0.2, 0.25) is 0 Å². The predicted molar refractivity (Wildman–Crippen MR) is 76.8 cm³/mol. The molecular weight excluding hydrogens is 222 g/mol. The highest BCUT2D eigenvalue weighted by molar-refractivity contribution is 5.57. The average Bonchev–Trinajstić information content (AvgIpc) is 2.80. The third-order valence-corrected chi connectivity index (χ3v) is 4.43. The van der Waals surface area contributed by atoms with Crippen LogP contribution in [0.2, 0.25) is 0 Å². The Hall–Kier alpha value is -1.22. The van der Waals surface area contributed by atoms with Gasteiger partial charge in [-0.15, -0.1) is 0 Å². The number of nitrogen functional groups attached to an aromatic ring is 1. The molecule has 0 saturated carbocycles. The molecule has 98 valence electrons. The lowest BCUT2D eigenvalue weighted by molar-refractivity contribution is 0.188. The second kappa shape index (κ2) is 4.81. The first-order valence-electron chi connectivity index (χ1n) is 7.09. The minimum atomic E-state index is 0.631. The molecule has 2 atom stereocenters. The molecule has 0 radical (unpaired) electrons. The standard InChI is InChI=1S/C15H23N3/c1-11-9-12(16)4-5-15(11)17-13-6-8-18-7-2-3-14(18)10-13/h4-5,9,13-14,17H,2-3,6-8,10,16H2,1H3. The van der Waals surface area contributed by atoms with Crippen LogP contribution in [0.1, 0.15) is 31.2 Å². The van der Waals surface area contributed by atoms with E-state index in [-0.39, 0.29) is 0 Å². The molecule has 2 aliphatic heterocycles. The van der Waals surface area contributed by atoms with Gasteiger partial charge in [-0.1, -0.05) is 0 Å². The first-order chi connectivity index (χ1) is 8.72. The van der Waals surface area contributed by atoms with Crippen LogP contribution in [0.4, 0.5) is 11.4 Å². The number of fused-ring (bicyclic) bond motifs is 1. The smallest absolute Gasteiger partial charge is 0.0373 e. The Kier molecular flexibility index (Phi) is 3.16. The van der Waals surface area contributed by atoms with Gasteiger partial charge in [-0.25, -0.2) is 0 Å². The van der Waals surface area contributed by atoms with Crippen molar-refractivity contribution in [1.29, 1.82) is 0 Å². The molecule has 2 unspecified atom stereocenters. The summed E-state index contributed by atoms with van der Waals surface area (Å²) >= 11 is 0. The maximum atomic E-state index is 5.80. The molecule has 0 aromatic heterocycles. The maximum Gasteiger partial charge on any atom is 0.0373 e. The molecular formula is C15H23N3. The Bertz CT molecular complexity index is 430. The van der Waals surface area contributed by atoms with Crippen LogP contribution in [0.5, 0.6) is 0 Å². The van der Waals surface area contributed by atoms with Gasteiger partial charge in [0.05, 0.1) is 0 Å². The zero-order chi connectivity index (χ0) is 12.5. The van der Waals surface area contributed by atoms with Crippen LogP contribution in [-0.4, -0.2) is 30.1 Å². The largest absolute Gasteiger partial charge is 0.399 e. The molecule has 3 rings (SSSR count). The van der Waals surface area contributed by atoms with Gasteiger partial charge in [-0.05, 0) is 62.9 Å². The quantitative estimate of drug-likeness (QED) is 0.787. The van der Waals surface area contributed by atoms with Crippen LogP contribution in [-0.2, 0) is 0 Å². The third kappa shape index (κ3) is 2.32. The van der Waals surface area contributed by atoms with E-state index in [1.54, 1.807) is 0 Å². The van der Waals surface area contributed by atoms with E-state index >= 15 is 0 Å². The molecule has 2 aliphatic rings. The summed E-state index contributed by atoms with van der Waals surface area (Å²) in [7, 11) is 0. The van der Waals surface area contributed by atoms with Crippen LogP contribution in [0.15, 0.2) is 18.2 Å². The summed E-state index contributed by atoms with van der Waals surface area (Å²) in [6, 6.07) is 7.61. The van der Waals surface area contributed by atoms with Crippen LogP contribution in [0.25, 0.3) is 0 Å². The highest BCUT2D eigenvalue weighted by Gasteiger charge is 2.31. The lowest BCUT2D eigenvalue weighted by atomic mass is 9.97. The highest BCUT2D eigenvalue weighted by atomic mass is 15.2.